The van der Waals surface area contributed by atoms with E-state index in [-0.39, 0.29) is 22.3 Å². The number of carbonyl (C=O) groups is 1. The predicted molar refractivity (Wildman–Crippen MR) is 109 cm³/mol. The molecule has 1 aromatic heterocycles. The molecule has 1 spiro atoms. The van der Waals surface area contributed by atoms with Crippen molar-refractivity contribution in [2.24, 2.45) is 5.41 Å². The Morgan fingerprint density at radius 3 is 2.48 bits per heavy atom. The molecule has 27 heavy (non-hydrogen) atoms. The van der Waals surface area contributed by atoms with Crippen LogP contribution in [0.4, 0.5) is 4.79 Å². The number of hydrogen-bond acceptors (Lipinski definition) is 5. The highest BCUT2D eigenvalue weighted by molar-refractivity contribution is 7.84. The van der Waals surface area contributed by atoms with E-state index >= 15 is 0 Å². The fraction of sp³-hybridized carbons (Fsp3) is 0.789. The fourth-order valence-corrected chi connectivity index (χ4v) is 5.63. The van der Waals surface area contributed by atoms with Gasteiger partial charge in [-0.15, -0.1) is 11.3 Å². The molecule has 8 heteroatoms. The van der Waals surface area contributed by atoms with Gasteiger partial charge in [0.05, 0.1) is 33.0 Å². The van der Waals surface area contributed by atoms with Gasteiger partial charge in [-0.2, -0.15) is 0 Å². The summed E-state index contributed by atoms with van der Waals surface area (Å²) >= 11 is 1.68. The molecule has 6 nitrogen and oxygen atoms in total. The number of thiazole rings is 1. The topological polar surface area (TPSA) is 71.5 Å². The summed E-state index contributed by atoms with van der Waals surface area (Å²) in [6, 6.07) is -0.0282. The van der Waals surface area contributed by atoms with E-state index < -0.39 is 16.6 Å². The summed E-state index contributed by atoms with van der Waals surface area (Å²) in [5.41, 5.74) is 2.40. The van der Waals surface area contributed by atoms with Gasteiger partial charge in [0, 0.05) is 23.4 Å². The molecular formula is C19H31N3O3S2. The molecule has 0 aromatic carbocycles. The third-order valence-corrected chi connectivity index (χ3v) is 7.67. The van der Waals surface area contributed by atoms with Gasteiger partial charge in [0.1, 0.15) is 5.60 Å². The molecule has 0 saturated carbocycles. The maximum absolute atomic E-state index is 12.8. The van der Waals surface area contributed by atoms with Crippen LogP contribution in [0.1, 0.15) is 71.0 Å². The van der Waals surface area contributed by atoms with E-state index in [1.54, 1.807) is 16.2 Å². The summed E-state index contributed by atoms with van der Waals surface area (Å²) < 4.78 is 21.4. The quantitative estimate of drug-likeness (QED) is 0.800. The molecular weight excluding hydrogens is 382 g/mol. The number of fused-ring (bicyclic) bond motifs is 1. The minimum Gasteiger partial charge on any atom is -0.444 e. The first-order valence-electron chi connectivity index (χ1n) is 9.50. The zero-order valence-electron chi connectivity index (χ0n) is 17.1. The van der Waals surface area contributed by atoms with Gasteiger partial charge in [-0.3, -0.25) is 0 Å². The second-order valence-corrected chi connectivity index (χ2v) is 12.5. The monoisotopic (exact) mass is 413 g/mol. The summed E-state index contributed by atoms with van der Waals surface area (Å²) in [5.74, 6) is 0. The highest BCUT2D eigenvalue weighted by Gasteiger charge is 2.51. The molecule has 2 heterocycles. The molecule has 1 saturated heterocycles. The fourth-order valence-electron chi connectivity index (χ4n) is 3.75. The third-order valence-electron chi connectivity index (χ3n) is 5.26. The van der Waals surface area contributed by atoms with Gasteiger partial charge in [0.25, 0.3) is 0 Å². The van der Waals surface area contributed by atoms with Gasteiger partial charge in [0.15, 0.2) is 0 Å². The molecule has 0 radical (unpaired) electrons. The SMILES string of the molecule is CC(C)(C)OC(=O)N1CCC2(CC1)Cc1scnc1[C@H]2N[S@@](=O)C(C)(C)C. The van der Waals surface area contributed by atoms with Crippen LogP contribution in [0, 0.1) is 5.41 Å². The van der Waals surface area contributed by atoms with Crippen LogP contribution in [0.25, 0.3) is 0 Å². The molecule has 0 bridgehead atoms. The van der Waals surface area contributed by atoms with Crippen molar-refractivity contribution in [3.8, 4) is 0 Å². The summed E-state index contributed by atoms with van der Waals surface area (Å²) in [5, 5.41) is 0. The zero-order chi connectivity index (χ0) is 20.0. The molecule has 152 valence electrons. The molecule has 1 amide bonds. The Labute approximate surface area is 168 Å². The van der Waals surface area contributed by atoms with E-state index in [2.05, 4.69) is 9.71 Å². The Balaban J connectivity index is 1.74. The smallest absolute Gasteiger partial charge is 0.410 e. The van der Waals surface area contributed by atoms with E-state index in [1.165, 1.54) is 4.88 Å². The number of likely N-dealkylation sites (tertiary alicyclic amines) is 1. The van der Waals surface area contributed by atoms with Gasteiger partial charge in [-0.05, 0) is 60.8 Å². The number of piperidine rings is 1. The lowest BCUT2D eigenvalue weighted by molar-refractivity contribution is 0.00715. The van der Waals surface area contributed by atoms with Crippen LogP contribution in [-0.4, -0.2) is 43.6 Å². The highest BCUT2D eigenvalue weighted by atomic mass is 32.2. The van der Waals surface area contributed by atoms with Crippen molar-refractivity contribution in [2.75, 3.05) is 13.1 Å². The maximum atomic E-state index is 12.8. The predicted octanol–water partition coefficient (Wildman–Crippen LogP) is 3.81. The van der Waals surface area contributed by atoms with Gasteiger partial charge in [-0.25, -0.2) is 18.7 Å². The summed E-state index contributed by atoms with van der Waals surface area (Å²) in [6.07, 6.45) is 2.41. The number of nitrogens with zero attached hydrogens (tertiary/aromatic N) is 2. The zero-order valence-corrected chi connectivity index (χ0v) is 18.8. The molecule has 1 aliphatic heterocycles. The summed E-state index contributed by atoms with van der Waals surface area (Å²) in [6.45, 7) is 12.9. The Bertz CT molecular complexity index is 725. The normalized spacial score (nSPS) is 23.3. The molecule has 1 aliphatic carbocycles. The van der Waals surface area contributed by atoms with E-state index in [9.17, 15) is 9.00 Å². The van der Waals surface area contributed by atoms with Crippen LogP contribution in [0.2, 0.25) is 0 Å². The van der Waals surface area contributed by atoms with Crippen molar-refractivity contribution >= 4 is 28.4 Å². The summed E-state index contributed by atoms with van der Waals surface area (Å²) in [7, 11) is -1.17. The first-order chi connectivity index (χ1) is 12.4. The molecule has 1 aromatic rings. The Morgan fingerprint density at radius 2 is 1.93 bits per heavy atom. The minimum atomic E-state index is -1.17. The molecule has 1 fully saturated rings. The van der Waals surface area contributed by atoms with E-state index in [4.69, 9.17) is 4.74 Å². The van der Waals surface area contributed by atoms with Crippen LogP contribution in [-0.2, 0) is 22.1 Å². The van der Waals surface area contributed by atoms with E-state index in [0.717, 1.165) is 25.0 Å². The summed E-state index contributed by atoms with van der Waals surface area (Å²) in [4.78, 5) is 20.1. The van der Waals surface area contributed by atoms with Crippen molar-refractivity contribution < 1.29 is 13.7 Å². The number of nitrogens with one attached hydrogen (secondary N) is 1. The van der Waals surface area contributed by atoms with E-state index in [1.807, 2.05) is 47.1 Å². The molecule has 2 aliphatic rings. The van der Waals surface area contributed by atoms with Crippen LogP contribution in [0.15, 0.2) is 5.51 Å². The van der Waals surface area contributed by atoms with Crippen LogP contribution in [0.5, 0.6) is 0 Å². The van der Waals surface area contributed by atoms with Crippen molar-refractivity contribution in [1.82, 2.24) is 14.6 Å². The van der Waals surface area contributed by atoms with Gasteiger partial charge in [0.2, 0.25) is 0 Å². The van der Waals surface area contributed by atoms with E-state index in [0.29, 0.717) is 13.1 Å². The third kappa shape index (κ3) is 4.38. The van der Waals surface area contributed by atoms with Crippen molar-refractivity contribution in [1.29, 1.82) is 0 Å². The molecule has 3 rings (SSSR count). The van der Waals surface area contributed by atoms with Crippen molar-refractivity contribution in [3.05, 3.63) is 16.1 Å². The number of rotatable bonds is 2. The number of amides is 1. The number of hydrogen-bond donors (Lipinski definition) is 1. The van der Waals surface area contributed by atoms with Gasteiger partial charge in [-0.1, -0.05) is 0 Å². The Morgan fingerprint density at radius 1 is 1.30 bits per heavy atom. The Kier molecular flexibility index (Phi) is 5.47. The van der Waals surface area contributed by atoms with Crippen LogP contribution >= 0.6 is 11.3 Å². The number of ether oxygens (including phenoxy) is 1. The first-order valence-corrected chi connectivity index (χ1v) is 11.5. The largest absolute Gasteiger partial charge is 0.444 e. The second kappa shape index (κ2) is 7.12. The maximum Gasteiger partial charge on any atom is 0.410 e. The lowest BCUT2D eigenvalue weighted by Gasteiger charge is -2.43. The lowest BCUT2D eigenvalue weighted by atomic mass is 9.74. The van der Waals surface area contributed by atoms with Gasteiger partial charge < -0.3 is 9.64 Å². The number of carbonyl (C=O) groups excluding carboxylic acids is 1. The van der Waals surface area contributed by atoms with Crippen molar-refractivity contribution in [2.45, 2.75) is 77.2 Å². The average Bonchev–Trinajstić information content (AvgIpc) is 3.07. The lowest BCUT2D eigenvalue weighted by Crippen LogP contribution is -2.50. The molecule has 2 atom stereocenters. The second-order valence-electron chi connectivity index (χ2n) is 9.60. The van der Waals surface area contributed by atoms with Crippen molar-refractivity contribution in [3.63, 3.8) is 0 Å². The first kappa shape index (κ1) is 20.7. The molecule has 1 N–H and O–H groups in total. The average molecular weight is 414 g/mol. The Hall–Kier alpha value is -0.990. The number of aromatic nitrogens is 1. The standard InChI is InChI=1S/C19H31N3O3S2/c1-17(2,3)25-16(23)22-9-7-19(8-10-22)11-13-14(20-12-26-13)15(19)21-27(24)18(4,5)6/h12,15,21H,7-11H2,1-6H3/t15-,27+/m1/s1. The minimum absolute atomic E-state index is 0.0282. The van der Waals surface area contributed by atoms with Crippen LogP contribution < -0.4 is 4.72 Å². The van der Waals surface area contributed by atoms with Crippen LogP contribution in [0.3, 0.4) is 0 Å². The highest BCUT2D eigenvalue weighted by Crippen LogP contribution is 2.53. The van der Waals surface area contributed by atoms with Gasteiger partial charge >= 0.3 is 6.09 Å². The molecule has 0 unspecified atom stereocenters.